The molecular weight excluding hydrogens is 380 g/mol. The van der Waals surface area contributed by atoms with Crippen molar-refractivity contribution in [2.24, 2.45) is 7.05 Å². The van der Waals surface area contributed by atoms with Crippen LogP contribution in [0.15, 0.2) is 30.3 Å². The van der Waals surface area contributed by atoms with Gasteiger partial charge in [-0.25, -0.2) is 4.79 Å². The van der Waals surface area contributed by atoms with Crippen LogP contribution in [-0.2, 0) is 26.4 Å². The lowest BCUT2D eigenvalue weighted by Gasteiger charge is -2.41. The van der Waals surface area contributed by atoms with Crippen LogP contribution in [0.3, 0.4) is 0 Å². The highest BCUT2D eigenvalue weighted by atomic mass is 16.5. The van der Waals surface area contributed by atoms with Crippen LogP contribution in [0.5, 0.6) is 11.5 Å². The maximum Gasteiger partial charge on any atom is 0.338 e. The van der Waals surface area contributed by atoms with E-state index < -0.39 is 5.97 Å². The van der Waals surface area contributed by atoms with Gasteiger partial charge in [-0.05, 0) is 48.7 Å². The van der Waals surface area contributed by atoms with E-state index in [9.17, 15) is 9.90 Å². The van der Waals surface area contributed by atoms with Gasteiger partial charge in [0.25, 0.3) is 0 Å². The molecule has 6 heteroatoms. The third-order valence-corrected chi connectivity index (χ3v) is 6.47. The number of carboxylic acids is 1. The molecule has 6 nitrogen and oxygen atoms in total. The third-order valence-electron chi connectivity index (χ3n) is 6.47. The minimum absolute atomic E-state index is 0.156. The topological polar surface area (TPSA) is 63.9 Å². The van der Waals surface area contributed by atoms with Crippen molar-refractivity contribution >= 4 is 16.9 Å². The summed E-state index contributed by atoms with van der Waals surface area (Å²) in [5.41, 5.74) is 5.65. The van der Waals surface area contributed by atoms with E-state index in [0.717, 1.165) is 65.0 Å². The molecular formula is C24H26N2O4. The molecule has 0 spiro atoms. The van der Waals surface area contributed by atoms with Crippen LogP contribution < -0.4 is 9.47 Å². The molecule has 0 saturated heterocycles. The average Bonchev–Trinajstić information content (AvgIpc) is 3.04. The van der Waals surface area contributed by atoms with Crippen LogP contribution in [-0.4, -0.2) is 34.2 Å². The number of aromatic carboxylic acids is 1. The summed E-state index contributed by atoms with van der Waals surface area (Å²) in [4.78, 5) is 14.5. The zero-order chi connectivity index (χ0) is 21.0. The molecule has 3 heterocycles. The average molecular weight is 406 g/mol. The number of aryl methyl sites for hydroxylation is 1. The first-order chi connectivity index (χ1) is 14.5. The normalized spacial score (nSPS) is 17.8. The molecule has 3 aromatic rings. The second-order valence-electron chi connectivity index (χ2n) is 8.13. The SMILES string of the molecule is CCCc1c(C(=O)O)c2c3c(ccc2n1C)OC1c2ccc(OC)cc2CCN1C3. The summed E-state index contributed by atoms with van der Waals surface area (Å²) in [7, 11) is 3.64. The van der Waals surface area contributed by atoms with E-state index in [1.807, 2.05) is 29.8 Å². The minimum Gasteiger partial charge on any atom is -0.497 e. The number of hydrogen-bond acceptors (Lipinski definition) is 4. The Labute approximate surface area is 175 Å². The number of nitrogens with zero attached hydrogens (tertiary/aromatic N) is 2. The standard InChI is InChI=1S/C24H26N2O4/c1-4-5-18-22(24(27)28)21-17-13-26-11-10-14-12-15(29-3)6-7-16(14)23(26)30-20(17)9-8-19(21)25(18)2/h6-9,12,23H,4-5,10-11,13H2,1-3H3,(H,27,28). The summed E-state index contributed by atoms with van der Waals surface area (Å²) in [6, 6.07) is 10.1. The summed E-state index contributed by atoms with van der Waals surface area (Å²) < 4.78 is 13.9. The number of aromatic nitrogens is 1. The van der Waals surface area contributed by atoms with E-state index in [4.69, 9.17) is 9.47 Å². The van der Waals surface area contributed by atoms with Gasteiger partial charge in [0.05, 0.1) is 12.7 Å². The van der Waals surface area contributed by atoms with Gasteiger partial charge in [0.2, 0.25) is 0 Å². The van der Waals surface area contributed by atoms with Crippen molar-refractivity contribution in [1.29, 1.82) is 0 Å². The Morgan fingerprint density at radius 3 is 2.87 bits per heavy atom. The van der Waals surface area contributed by atoms with E-state index in [1.54, 1.807) is 7.11 Å². The predicted octanol–water partition coefficient (Wildman–Crippen LogP) is 4.29. The van der Waals surface area contributed by atoms with Crippen molar-refractivity contribution in [2.45, 2.75) is 39.0 Å². The van der Waals surface area contributed by atoms with Gasteiger partial charge in [0.15, 0.2) is 6.23 Å². The van der Waals surface area contributed by atoms with Crippen molar-refractivity contribution in [3.8, 4) is 11.5 Å². The van der Waals surface area contributed by atoms with Gasteiger partial charge in [-0.2, -0.15) is 0 Å². The molecule has 30 heavy (non-hydrogen) atoms. The molecule has 1 aromatic heterocycles. The fourth-order valence-electron chi connectivity index (χ4n) is 5.03. The maximum absolute atomic E-state index is 12.2. The van der Waals surface area contributed by atoms with Crippen LogP contribution in [0.25, 0.3) is 10.9 Å². The first-order valence-electron chi connectivity index (χ1n) is 10.5. The van der Waals surface area contributed by atoms with E-state index in [-0.39, 0.29) is 6.23 Å². The number of hydrogen-bond donors (Lipinski definition) is 1. The smallest absolute Gasteiger partial charge is 0.338 e. The van der Waals surface area contributed by atoms with Crippen molar-refractivity contribution < 1.29 is 19.4 Å². The molecule has 1 unspecified atom stereocenters. The van der Waals surface area contributed by atoms with Gasteiger partial charge in [0, 0.05) is 47.9 Å². The van der Waals surface area contributed by atoms with Crippen molar-refractivity contribution in [1.82, 2.24) is 9.47 Å². The fourth-order valence-corrected chi connectivity index (χ4v) is 5.03. The molecule has 156 valence electrons. The van der Waals surface area contributed by atoms with Gasteiger partial charge >= 0.3 is 5.97 Å². The van der Waals surface area contributed by atoms with E-state index >= 15 is 0 Å². The zero-order valence-corrected chi connectivity index (χ0v) is 17.6. The number of fused-ring (bicyclic) bond motifs is 6. The first-order valence-corrected chi connectivity index (χ1v) is 10.5. The predicted molar refractivity (Wildman–Crippen MR) is 114 cm³/mol. The first kappa shape index (κ1) is 19.0. The molecule has 0 amide bonds. The van der Waals surface area contributed by atoms with Gasteiger partial charge < -0.3 is 19.1 Å². The van der Waals surface area contributed by atoms with Gasteiger partial charge in [-0.3, -0.25) is 4.90 Å². The van der Waals surface area contributed by atoms with Crippen molar-refractivity contribution in [3.63, 3.8) is 0 Å². The highest BCUT2D eigenvalue weighted by Crippen LogP contribution is 2.44. The molecule has 0 radical (unpaired) electrons. The number of carbonyl (C=O) groups is 1. The van der Waals surface area contributed by atoms with Crippen LogP contribution in [0, 0.1) is 0 Å². The maximum atomic E-state index is 12.2. The molecule has 2 aliphatic heterocycles. The molecule has 2 aliphatic rings. The molecule has 0 bridgehead atoms. The minimum atomic E-state index is -0.865. The number of rotatable bonds is 4. The quantitative estimate of drug-likeness (QED) is 0.700. The van der Waals surface area contributed by atoms with Crippen LogP contribution in [0.1, 0.15) is 52.3 Å². The van der Waals surface area contributed by atoms with Gasteiger partial charge in [0.1, 0.15) is 11.5 Å². The fraction of sp³-hybridized carbons (Fsp3) is 0.375. The molecule has 1 N–H and O–H groups in total. The monoisotopic (exact) mass is 406 g/mol. The largest absolute Gasteiger partial charge is 0.497 e. The summed E-state index contributed by atoms with van der Waals surface area (Å²) >= 11 is 0. The summed E-state index contributed by atoms with van der Waals surface area (Å²) in [6.07, 6.45) is 2.40. The second-order valence-corrected chi connectivity index (χ2v) is 8.13. The molecule has 2 aromatic carbocycles. The van der Waals surface area contributed by atoms with Crippen LogP contribution in [0.2, 0.25) is 0 Å². The second kappa shape index (κ2) is 7.06. The zero-order valence-electron chi connectivity index (χ0n) is 17.6. The summed E-state index contributed by atoms with van der Waals surface area (Å²) in [5.74, 6) is 0.776. The Kier molecular flexibility index (Phi) is 4.47. The highest BCUT2D eigenvalue weighted by Gasteiger charge is 2.36. The Bertz CT molecular complexity index is 1160. The van der Waals surface area contributed by atoms with Gasteiger partial charge in [-0.1, -0.05) is 13.3 Å². The van der Waals surface area contributed by atoms with E-state index in [0.29, 0.717) is 12.1 Å². The molecule has 1 atom stereocenters. The summed E-state index contributed by atoms with van der Waals surface area (Å²) in [5, 5.41) is 10.9. The number of benzene rings is 2. The number of carboxylic acid groups (broad SMARTS) is 1. The lowest BCUT2D eigenvalue weighted by atomic mass is 9.94. The van der Waals surface area contributed by atoms with Gasteiger partial charge in [-0.15, -0.1) is 0 Å². The Morgan fingerprint density at radius 1 is 1.30 bits per heavy atom. The Morgan fingerprint density at radius 2 is 2.13 bits per heavy atom. The van der Waals surface area contributed by atoms with Crippen molar-refractivity contribution in [3.05, 3.63) is 58.3 Å². The lowest BCUT2D eigenvalue weighted by molar-refractivity contribution is -0.00960. The molecule has 0 fully saturated rings. The molecule has 0 aliphatic carbocycles. The Hall–Kier alpha value is -2.99. The van der Waals surface area contributed by atoms with Crippen LogP contribution >= 0.6 is 0 Å². The lowest BCUT2D eigenvalue weighted by Crippen LogP contribution is -2.40. The van der Waals surface area contributed by atoms with E-state index in [2.05, 4.69) is 24.0 Å². The third kappa shape index (κ3) is 2.70. The van der Waals surface area contributed by atoms with E-state index in [1.165, 1.54) is 5.56 Å². The number of ether oxygens (including phenoxy) is 2. The number of methoxy groups -OCH3 is 1. The molecule has 0 saturated carbocycles. The molecule has 5 rings (SSSR count). The Balaban J connectivity index is 1.65. The van der Waals surface area contributed by atoms with Crippen LogP contribution in [0.4, 0.5) is 0 Å². The highest BCUT2D eigenvalue weighted by molar-refractivity contribution is 6.07. The van der Waals surface area contributed by atoms with Crippen molar-refractivity contribution in [2.75, 3.05) is 13.7 Å². The summed E-state index contributed by atoms with van der Waals surface area (Å²) in [6.45, 7) is 3.61.